The highest BCUT2D eigenvalue weighted by molar-refractivity contribution is 7.08. The Morgan fingerprint density at radius 2 is 2.12 bits per heavy atom. The lowest BCUT2D eigenvalue weighted by atomic mass is 9.92. The molecular formula is C16H15F3N4OS. The van der Waals surface area contributed by atoms with Gasteiger partial charge in [-0.2, -0.15) is 34.1 Å². The van der Waals surface area contributed by atoms with Crippen molar-refractivity contribution in [2.45, 2.75) is 12.1 Å². The molecule has 1 N–H and O–H groups in total. The summed E-state index contributed by atoms with van der Waals surface area (Å²) in [6, 6.07) is 4.09. The average Bonchev–Trinajstić information content (AvgIpc) is 3.31. The number of aromatic nitrogens is 3. The molecule has 1 aliphatic rings. The van der Waals surface area contributed by atoms with E-state index in [1.54, 1.807) is 11.3 Å². The minimum atomic E-state index is -4.45. The summed E-state index contributed by atoms with van der Waals surface area (Å²) in [5.41, 5.74) is 0.514. The molecule has 2 atom stereocenters. The molecule has 0 spiro atoms. The minimum absolute atomic E-state index is 0.0174. The van der Waals surface area contributed by atoms with E-state index in [0.717, 1.165) is 17.7 Å². The standard InChI is InChI=1S/C16H15F3N4OS/c17-16(18,19)12-3-14-20-9-21-23(14)15(4-12)22-5-11(7-24)13(6-22)10-1-2-25-8-10/h1-4,8-9,11,13,24H,5-7H2/t11-,13-/m0/s1. The van der Waals surface area contributed by atoms with Gasteiger partial charge in [0.2, 0.25) is 0 Å². The van der Waals surface area contributed by atoms with Crippen LogP contribution in [0, 0.1) is 5.92 Å². The van der Waals surface area contributed by atoms with Gasteiger partial charge in [0.05, 0.1) is 5.56 Å². The zero-order valence-corrected chi connectivity index (χ0v) is 13.8. The predicted octanol–water partition coefficient (Wildman–Crippen LogP) is 3.02. The Labute approximate surface area is 145 Å². The van der Waals surface area contributed by atoms with Crippen molar-refractivity contribution in [2.75, 3.05) is 24.6 Å². The molecule has 1 aliphatic heterocycles. The molecule has 1 saturated heterocycles. The first-order chi connectivity index (χ1) is 12.0. The summed E-state index contributed by atoms with van der Waals surface area (Å²) >= 11 is 1.57. The molecule has 132 valence electrons. The van der Waals surface area contributed by atoms with Crippen molar-refractivity contribution in [3.8, 4) is 0 Å². The molecule has 4 rings (SSSR count). The molecule has 0 unspecified atom stereocenters. The predicted molar refractivity (Wildman–Crippen MR) is 87.8 cm³/mol. The lowest BCUT2D eigenvalue weighted by Crippen LogP contribution is -2.24. The van der Waals surface area contributed by atoms with Gasteiger partial charge in [0, 0.05) is 31.5 Å². The van der Waals surface area contributed by atoms with Crippen molar-refractivity contribution >= 4 is 22.8 Å². The molecular weight excluding hydrogens is 353 g/mol. The summed E-state index contributed by atoms with van der Waals surface area (Å²) < 4.78 is 41.1. The van der Waals surface area contributed by atoms with Crippen LogP contribution in [-0.2, 0) is 6.18 Å². The molecule has 0 bridgehead atoms. The van der Waals surface area contributed by atoms with E-state index >= 15 is 0 Å². The minimum Gasteiger partial charge on any atom is -0.396 e. The number of hydrogen-bond donors (Lipinski definition) is 1. The van der Waals surface area contributed by atoms with Gasteiger partial charge in [-0.05, 0) is 34.5 Å². The number of thiophene rings is 1. The number of aliphatic hydroxyl groups excluding tert-OH is 1. The van der Waals surface area contributed by atoms with Gasteiger partial charge in [-0.1, -0.05) is 0 Å². The maximum Gasteiger partial charge on any atom is 0.416 e. The van der Waals surface area contributed by atoms with Crippen LogP contribution in [-0.4, -0.2) is 39.4 Å². The zero-order chi connectivity index (χ0) is 17.6. The van der Waals surface area contributed by atoms with Crippen LogP contribution < -0.4 is 4.90 Å². The van der Waals surface area contributed by atoms with Crippen molar-refractivity contribution in [3.05, 3.63) is 46.4 Å². The van der Waals surface area contributed by atoms with Crippen LogP contribution in [0.3, 0.4) is 0 Å². The van der Waals surface area contributed by atoms with Gasteiger partial charge in [0.15, 0.2) is 5.65 Å². The van der Waals surface area contributed by atoms with Crippen molar-refractivity contribution < 1.29 is 18.3 Å². The molecule has 0 aromatic carbocycles. The number of fused-ring (bicyclic) bond motifs is 1. The molecule has 9 heteroatoms. The third-order valence-corrected chi connectivity index (χ3v) is 5.36. The van der Waals surface area contributed by atoms with E-state index < -0.39 is 11.7 Å². The topological polar surface area (TPSA) is 53.7 Å². The lowest BCUT2D eigenvalue weighted by Gasteiger charge is -2.21. The molecule has 4 heterocycles. The van der Waals surface area contributed by atoms with Gasteiger partial charge in [-0.3, -0.25) is 0 Å². The van der Waals surface area contributed by atoms with Crippen LogP contribution in [0.15, 0.2) is 35.3 Å². The Balaban J connectivity index is 1.75. The quantitative estimate of drug-likeness (QED) is 0.772. The molecule has 25 heavy (non-hydrogen) atoms. The van der Waals surface area contributed by atoms with E-state index in [4.69, 9.17) is 0 Å². The Kier molecular flexibility index (Phi) is 3.92. The summed E-state index contributed by atoms with van der Waals surface area (Å²) in [5.74, 6) is 0.380. The summed E-state index contributed by atoms with van der Waals surface area (Å²) in [6.07, 6.45) is -3.21. The van der Waals surface area contributed by atoms with Crippen LogP contribution in [0.25, 0.3) is 5.65 Å². The SMILES string of the molecule is OC[C@@H]1CN(c2cc(C(F)(F)F)cc3ncnn23)C[C@H]1c1ccsc1. The molecule has 5 nitrogen and oxygen atoms in total. The largest absolute Gasteiger partial charge is 0.416 e. The molecule has 3 aromatic heterocycles. The van der Waals surface area contributed by atoms with Crippen LogP contribution in [0.5, 0.6) is 0 Å². The number of rotatable bonds is 3. The number of alkyl halides is 3. The third-order valence-electron chi connectivity index (χ3n) is 4.66. The summed E-state index contributed by atoms with van der Waals surface area (Å²) in [5, 5.41) is 17.8. The van der Waals surface area contributed by atoms with Crippen molar-refractivity contribution in [1.29, 1.82) is 0 Å². The number of halogens is 3. The maximum atomic E-state index is 13.2. The van der Waals surface area contributed by atoms with Crippen LogP contribution in [0.1, 0.15) is 17.0 Å². The summed E-state index contributed by atoms with van der Waals surface area (Å²) in [7, 11) is 0. The number of aliphatic hydroxyl groups is 1. The Hall–Kier alpha value is -2.13. The van der Waals surface area contributed by atoms with E-state index in [2.05, 4.69) is 10.1 Å². The Bertz CT molecular complexity index is 877. The first-order valence-electron chi connectivity index (χ1n) is 7.76. The number of hydrogen-bond acceptors (Lipinski definition) is 5. The fourth-order valence-electron chi connectivity index (χ4n) is 3.40. The number of pyridine rings is 1. The van der Waals surface area contributed by atoms with E-state index in [1.807, 2.05) is 21.7 Å². The number of anilines is 1. The highest BCUT2D eigenvalue weighted by atomic mass is 32.1. The highest BCUT2D eigenvalue weighted by Crippen LogP contribution is 2.38. The average molecular weight is 368 g/mol. The van der Waals surface area contributed by atoms with Gasteiger partial charge in [0.25, 0.3) is 0 Å². The maximum absolute atomic E-state index is 13.2. The van der Waals surface area contributed by atoms with E-state index in [1.165, 1.54) is 10.8 Å². The van der Waals surface area contributed by atoms with Gasteiger partial charge < -0.3 is 10.0 Å². The second-order valence-corrected chi connectivity index (χ2v) is 6.92. The smallest absolute Gasteiger partial charge is 0.396 e. The molecule has 0 radical (unpaired) electrons. The van der Waals surface area contributed by atoms with E-state index in [0.29, 0.717) is 18.9 Å². The second-order valence-electron chi connectivity index (χ2n) is 6.14. The van der Waals surface area contributed by atoms with Crippen LogP contribution >= 0.6 is 11.3 Å². The molecule has 0 amide bonds. The molecule has 0 saturated carbocycles. The monoisotopic (exact) mass is 368 g/mol. The summed E-state index contributed by atoms with van der Waals surface area (Å²) in [6.45, 7) is 0.974. The van der Waals surface area contributed by atoms with Crippen molar-refractivity contribution in [3.63, 3.8) is 0 Å². The fraction of sp³-hybridized carbons (Fsp3) is 0.375. The Morgan fingerprint density at radius 1 is 1.28 bits per heavy atom. The Morgan fingerprint density at radius 3 is 2.80 bits per heavy atom. The van der Waals surface area contributed by atoms with Crippen LogP contribution in [0.2, 0.25) is 0 Å². The van der Waals surface area contributed by atoms with Crippen LogP contribution in [0.4, 0.5) is 19.0 Å². The normalized spacial score (nSPS) is 21.4. The number of nitrogens with zero attached hydrogens (tertiary/aromatic N) is 4. The van der Waals surface area contributed by atoms with Crippen molar-refractivity contribution in [1.82, 2.24) is 14.6 Å². The van der Waals surface area contributed by atoms with Crippen molar-refractivity contribution in [2.24, 2.45) is 5.92 Å². The van der Waals surface area contributed by atoms with Gasteiger partial charge in [0.1, 0.15) is 12.1 Å². The first-order valence-corrected chi connectivity index (χ1v) is 8.70. The van der Waals surface area contributed by atoms with E-state index in [-0.39, 0.29) is 24.1 Å². The zero-order valence-electron chi connectivity index (χ0n) is 13.0. The van der Waals surface area contributed by atoms with Gasteiger partial charge in [-0.15, -0.1) is 0 Å². The molecule has 0 aliphatic carbocycles. The summed E-state index contributed by atoms with van der Waals surface area (Å²) in [4.78, 5) is 5.76. The third kappa shape index (κ3) is 2.87. The second kappa shape index (κ2) is 5.99. The first kappa shape index (κ1) is 16.3. The fourth-order valence-corrected chi connectivity index (χ4v) is 4.13. The highest BCUT2D eigenvalue weighted by Gasteiger charge is 2.37. The lowest BCUT2D eigenvalue weighted by molar-refractivity contribution is -0.137. The molecule has 1 fully saturated rings. The van der Waals surface area contributed by atoms with E-state index in [9.17, 15) is 18.3 Å². The van der Waals surface area contributed by atoms with Gasteiger partial charge in [-0.25, -0.2) is 4.98 Å². The van der Waals surface area contributed by atoms with Gasteiger partial charge >= 0.3 is 6.18 Å². The molecule has 3 aromatic rings.